The van der Waals surface area contributed by atoms with Gasteiger partial charge in [0.15, 0.2) is 0 Å². The van der Waals surface area contributed by atoms with E-state index >= 15 is 0 Å². The molecule has 2 aliphatic heterocycles. The van der Waals surface area contributed by atoms with Gasteiger partial charge in [0.2, 0.25) is 11.8 Å². The van der Waals surface area contributed by atoms with Crippen molar-refractivity contribution in [2.45, 2.75) is 32.6 Å². The van der Waals surface area contributed by atoms with Crippen molar-refractivity contribution in [3.63, 3.8) is 0 Å². The summed E-state index contributed by atoms with van der Waals surface area (Å²) < 4.78 is 0. The molecule has 5 nitrogen and oxygen atoms in total. The van der Waals surface area contributed by atoms with Crippen molar-refractivity contribution in [1.82, 2.24) is 9.80 Å². The van der Waals surface area contributed by atoms with Crippen LogP contribution in [0.4, 0.5) is 0 Å². The Labute approximate surface area is 156 Å². The number of hydrogen-bond donors (Lipinski definition) is 1. The zero-order chi connectivity index (χ0) is 18.5. The van der Waals surface area contributed by atoms with Gasteiger partial charge in [-0.1, -0.05) is 37.3 Å². The van der Waals surface area contributed by atoms with Gasteiger partial charge in [0, 0.05) is 38.5 Å². The molecule has 2 unspecified atom stereocenters. The zero-order valence-electron chi connectivity index (χ0n) is 15.8. The standard InChI is InChI=1S/C21H31N3O2/c1-2-17(11-20(22)25)21(26)24-14-18-12-23(13-19(18)15-24)10-6-9-16-7-4-3-5-8-16/h3-5,7-8,17-19H,2,6,9-15H2,1H3,(H2,22,25)/t17?,18-,19?/m0/s1. The first-order chi connectivity index (χ1) is 12.6. The third-order valence-corrected chi connectivity index (χ3v) is 5.95. The first-order valence-electron chi connectivity index (χ1n) is 9.90. The number of nitrogens with two attached hydrogens (primary N) is 1. The lowest BCUT2D eigenvalue weighted by atomic mass is 10.0. The predicted molar refractivity (Wildman–Crippen MR) is 102 cm³/mol. The van der Waals surface area contributed by atoms with Crippen molar-refractivity contribution in [1.29, 1.82) is 0 Å². The molecule has 2 aliphatic rings. The zero-order valence-corrected chi connectivity index (χ0v) is 15.8. The van der Waals surface area contributed by atoms with Crippen LogP contribution in [0.15, 0.2) is 30.3 Å². The molecular weight excluding hydrogens is 326 g/mol. The Morgan fingerprint density at radius 3 is 2.35 bits per heavy atom. The Hall–Kier alpha value is -1.88. The van der Waals surface area contributed by atoms with E-state index < -0.39 is 0 Å². The Balaban J connectivity index is 1.42. The fourth-order valence-electron chi connectivity index (χ4n) is 4.51. The van der Waals surface area contributed by atoms with Gasteiger partial charge in [0.1, 0.15) is 0 Å². The maximum atomic E-state index is 12.7. The minimum absolute atomic E-state index is 0.122. The van der Waals surface area contributed by atoms with Crippen molar-refractivity contribution in [2.24, 2.45) is 23.5 Å². The van der Waals surface area contributed by atoms with E-state index in [1.807, 2.05) is 11.8 Å². The van der Waals surface area contributed by atoms with Crippen molar-refractivity contribution in [3.05, 3.63) is 35.9 Å². The molecule has 1 aromatic rings. The highest BCUT2D eigenvalue weighted by Gasteiger charge is 2.42. The lowest BCUT2D eigenvalue weighted by Gasteiger charge is -2.24. The average Bonchev–Trinajstić information content (AvgIpc) is 3.18. The summed E-state index contributed by atoms with van der Waals surface area (Å²) in [4.78, 5) is 28.4. The van der Waals surface area contributed by atoms with Crippen LogP contribution < -0.4 is 5.73 Å². The van der Waals surface area contributed by atoms with Crippen LogP contribution in [0.5, 0.6) is 0 Å². The van der Waals surface area contributed by atoms with Gasteiger partial charge < -0.3 is 15.5 Å². The summed E-state index contributed by atoms with van der Waals surface area (Å²) in [5.41, 5.74) is 6.69. The van der Waals surface area contributed by atoms with Crippen molar-refractivity contribution in [2.75, 3.05) is 32.7 Å². The molecule has 5 heteroatoms. The summed E-state index contributed by atoms with van der Waals surface area (Å²) in [6.07, 6.45) is 3.16. The highest BCUT2D eigenvalue weighted by molar-refractivity contribution is 5.85. The molecule has 0 bridgehead atoms. The van der Waals surface area contributed by atoms with E-state index in [-0.39, 0.29) is 24.2 Å². The van der Waals surface area contributed by atoms with Crippen LogP contribution in [-0.2, 0) is 16.0 Å². The topological polar surface area (TPSA) is 66.6 Å². The molecule has 0 aliphatic carbocycles. The van der Waals surface area contributed by atoms with E-state index in [2.05, 4.69) is 35.2 Å². The minimum atomic E-state index is -0.380. The second-order valence-electron chi connectivity index (χ2n) is 7.89. The van der Waals surface area contributed by atoms with Gasteiger partial charge in [0.05, 0.1) is 0 Å². The van der Waals surface area contributed by atoms with Crippen LogP contribution in [0, 0.1) is 17.8 Å². The third-order valence-electron chi connectivity index (χ3n) is 5.95. The Morgan fingerprint density at radius 1 is 1.12 bits per heavy atom. The number of carbonyl (C=O) groups excluding carboxylic acids is 2. The highest BCUT2D eigenvalue weighted by atomic mass is 16.2. The van der Waals surface area contributed by atoms with E-state index in [0.29, 0.717) is 18.3 Å². The fourth-order valence-corrected chi connectivity index (χ4v) is 4.51. The molecule has 3 atom stereocenters. The highest BCUT2D eigenvalue weighted by Crippen LogP contribution is 2.32. The van der Waals surface area contributed by atoms with E-state index in [0.717, 1.165) is 39.1 Å². The quantitative estimate of drug-likeness (QED) is 0.773. The summed E-state index contributed by atoms with van der Waals surface area (Å²) in [7, 11) is 0. The second-order valence-corrected chi connectivity index (χ2v) is 7.89. The number of carbonyl (C=O) groups is 2. The van der Waals surface area contributed by atoms with Crippen LogP contribution >= 0.6 is 0 Å². The van der Waals surface area contributed by atoms with E-state index in [1.54, 1.807) is 0 Å². The Kier molecular flexibility index (Phi) is 6.30. The maximum Gasteiger partial charge on any atom is 0.226 e. The van der Waals surface area contributed by atoms with E-state index in [1.165, 1.54) is 12.0 Å². The van der Waals surface area contributed by atoms with Crippen LogP contribution in [0.2, 0.25) is 0 Å². The minimum Gasteiger partial charge on any atom is -0.370 e. The molecule has 2 N–H and O–H groups in total. The average molecular weight is 357 g/mol. The smallest absolute Gasteiger partial charge is 0.226 e. The number of nitrogens with zero attached hydrogens (tertiary/aromatic N) is 2. The molecule has 0 radical (unpaired) electrons. The number of aryl methyl sites for hydroxylation is 1. The van der Waals surface area contributed by atoms with Crippen molar-refractivity contribution >= 4 is 11.8 Å². The van der Waals surface area contributed by atoms with Gasteiger partial charge in [-0.25, -0.2) is 0 Å². The summed E-state index contributed by atoms with van der Waals surface area (Å²) in [5.74, 6) is 0.669. The number of benzene rings is 1. The van der Waals surface area contributed by atoms with Crippen LogP contribution in [0.1, 0.15) is 31.7 Å². The molecule has 26 heavy (non-hydrogen) atoms. The van der Waals surface area contributed by atoms with Crippen LogP contribution in [-0.4, -0.2) is 54.3 Å². The first kappa shape index (κ1) is 18.9. The molecule has 2 fully saturated rings. The molecule has 0 spiro atoms. The number of amides is 2. The fraction of sp³-hybridized carbons (Fsp3) is 0.619. The number of primary amides is 1. The van der Waals surface area contributed by atoms with Gasteiger partial charge in [-0.3, -0.25) is 9.59 Å². The Morgan fingerprint density at radius 2 is 1.77 bits per heavy atom. The van der Waals surface area contributed by atoms with Gasteiger partial charge in [-0.15, -0.1) is 0 Å². The van der Waals surface area contributed by atoms with Gasteiger partial charge in [-0.2, -0.15) is 0 Å². The van der Waals surface area contributed by atoms with Gasteiger partial charge >= 0.3 is 0 Å². The second kappa shape index (κ2) is 8.67. The van der Waals surface area contributed by atoms with Gasteiger partial charge in [0.25, 0.3) is 0 Å². The largest absolute Gasteiger partial charge is 0.370 e. The van der Waals surface area contributed by atoms with Crippen molar-refractivity contribution < 1.29 is 9.59 Å². The number of fused-ring (bicyclic) bond motifs is 1. The van der Waals surface area contributed by atoms with Crippen molar-refractivity contribution in [3.8, 4) is 0 Å². The molecular formula is C21H31N3O2. The number of hydrogen-bond acceptors (Lipinski definition) is 3. The van der Waals surface area contributed by atoms with E-state index in [9.17, 15) is 9.59 Å². The number of rotatable bonds is 8. The molecule has 2 saturated heterocycles. The molecule has 2 amide bonds. The van der Waals surface area contributed by atoms with E-state index in [4.69, 9.17) is 5.73 Å². The van der Waals surface area contributed by atoms with Gasteiger partial charge in [-0.05, 0) is 43.2 Å². The lowest BCUT2D eigenvalue weighted by Crippen LogP contribution is -2.38. The molecule has 2 heterocycles. The first-order valence-corrected chi connectivity index (χ1v) is 9.90. The normalized spacial score (nSPS) is 23.8. The maximum absolute atomic E-state index is 12.7. The summed E-state index contributed by atoms with van der Waals surface area (Å²) in [6.45, 7) is 6.96. The molecule has 0 aromatic heterocycles. The third kappa shape index (κ3) is 4.64. The molecule has 142 valence electrons. The molecule has 3 rings (SSSR count). The van der Waals surface area contributed by atoms with Crippen LogP contribution in [0.25, 0.3) is 0 Å². The summed E-state index contributed by atoms with van der Waals surface area (Å²) in [6, 6.07) is 10.6. The number of likely N-dealkylation sites (tertiary alicyclic amines) is 2. The Bertz CT molecular complexity index is 605. The predicted octanol–water partition coefficient (Wildman–Crippen LogP) is 1.91. The monoisotopic (exact) mass is 357 g/mol. The molecule has 0 saturated carbocycles. The van der Waals surface area contributed by atoms with Crippen LogP contribution in [0.3, 0.4) is 0 Å². The summed E-state index contributed by atoms with van der Waals surface area (Å²) in [5, 5.41) is 0. The molecule has 1 aromatic carbocycles. The SMILES string of the molecule is CCC(CC(N)=O)C(=O)N1CC2CN(CCCc3ccccc3)C[C@H]2C1. The lowest BCUT2D eigenvalue weighted by molar-refractivity contribution is -0.137. The summed E-state index contributed by atoms with van der Waals surface area (Å²) >= 11 is 0.